The molecule has 1 fully saturated rings. The third-order valence-corrected chi connectivity index (χ3v) is 4.89. The number of hydrogen-bond acceptors (Lipinski definition) is 5. The molecule has 0 amide bonds. The van der Waals surface area contributed by atoms with Gasteiger partial charge in [0.25, 0.3) is 0 Å². The van der Waals surface area contributed by atoms with Gasteiger partial charge in [0.05, 0.1) is 11.1 Å². The Balaban J connectivity index is 1.48. The highest BCUT2D eigenvalue weighted by Gasteiger charge is 2.16. The lowest BCUT2D eigenvalue weighted by atomic mass is 10.1. The van der Waals surface area contributed by atoms with Crippen molar-refractivity contribution in [3.63, 3.8) is 0 Å². The largest absolute Gasteiger partial charge is 0.457 e. The molecule has 1 aliphatic rings. The van der Waals surface area contributed by atoms with Gasteiger partial charge in [-0.2, -0.15) is 0 Å². The quantitative estimate of drug-likeness (QED) is 0.676. The van der Waals surface area contributed by atoms with E-state index < -0.39 is 0 Å². The predicted octanol–water partition coefficient (Wildman–Crippen LogP) is 3.32. The summed E-state index contributed by atoms with van der Waals surface area (Å²) in [5.41, 5.74) is 4.29. The highest BCUT2D eigenvalue weighted by Crippen LogP contribution is 2.25. The van der Waals surface area contributed by atoms with Crippen molar-refractivity contribution in [3.8, 4) is 0 Å². The van der Waals surface area contributed by atoms with Crippen LogP contribution in [0.1, 0.15) is 35.2 Å². The zero-order chi connectivity index (χ0) is 17.9. The van der Waals surface area contributed by atoms with Gasteiger partial charge in [0.15, 0.2) is 0 Å². The fourth-order valence-electron chi connectivity index (χ4n) is 3.47. The lowest BCUT2D eigenvalue weighted by Gasteiger charge is -2.30. The first-order valence-corrected chi connectivity index (χ1v) is 9.02. The fourth-order valence-corrected chi connectivity index (χ4v) is 3.47. The topological polar surface area (TPSA) is 60.3 Å². The summed E-state index contributed by atoms with van der Waals surface area (Å²) >= 11 is 0. The molecule has 0 radical (unpaired) electrons. The van der Waals surface area contributed by atoms with Crippen molar-refractivity contribution in [1.29, 1.82) is 0 Å². The van der Waals surface area contributed by atoms with E-state index in [4.69, 9.17) is 4.74 Å². The van der Waals surface area contributed by atoms with Crippen LogP contribution in [0.4, 0.5) is 5.69 Å². The number of nitrogens with zero attached hydrogens (tertiary/aromatic N) is 4. The standard InChI is InChI=1S/C20H22N4O2/c1-23-19-10-9-15(13-17(19)21-22-23)20(25)26-14-16-7-3-4-8-18(16)24-11-5-2-6-12-24/h3-4,7-10,13H,2,5-6,11-12,14H2,1H3. The van der Waals surface area contributed by atoms with Crippen molar-refractivity contribution in [2.75, 3.05) is 18.0 Å². The molecule has 4 rings (SSSR count). The lowest BCUT2D eigenvalue weighted by molar-refractivity contribution is 0.0473. The molecule has 0 aliphatic carbocycles. The summed E-state index contributed by atoms with van der Waals surface area (Å²) in [5, 5.41) is 8.02. The summed E-state index contributed by atoms with van der Waals surface area (Å²) < 4.78 is 7.26. The summed E-state index contributed by atoms with van der Waals surface area (Å²) in [4.78, 5) is 14.9. The van der Waals surface area contributed by atoms with E-state index in [2.05, 4.69) is 21.3 Å². The van der Waals surface area contributed by atoms with Crippen LogP contribution < -0.4 is 4.90 Å². The van der Waals surface area contributed by atoms with E-state index in [0.29, 0.717) is 11.1 Å². The second-order valence-electron chi connectivity index (χ2n) is 6.67. The normalized spacial score (nSPS) is 14.6. The number of para-hydroxylation sites is 1. The second kappa shape index (κ2) is 7.15. The molecular formula is C20H22N4O2. The zero-order valence-corrected chi connectivity index (χ0v) is 14.9. The van der Waals surface area contributed by atoms with E-state index in [0.717, 1.165) is 24.2 Å². The number of anilines is 1. The van der Waals surface area contributed by atoms with Crippen LogP contribution in [-0.2, 0) is 18.4 Å². The van der Waals surface area contributed by atoms with Crippen molar-refractivity contribution in [3.05, 3.63) is 53.6 Å². The third-order valence-electron chi connectivity index (χ3n) is 4.89. The fraction of sp³-hybridized carbons (Fsp3) is 0.350. The Bertz CT molecular complexity index is 928. The summed E-state index contributed by atoms with van der Waals surface area (Å²) in [6.45, 7) is 2.40. The average Bonchev–Trinajstić information content (AvgIpc) is 3.07. The van der Waals surface area contributed by atoms with E-state index in [-0.39, 0.29) is 12.6 Å². The molecule has 0 unspecified atom stereocenters. The summed E-state index contributed by atoms with van der Waals surface area (Å²) in [6, 6.07) is 13.5. The van der Waals surface area contributed by atoms with E-state index in [1.54, 1.807) is 16.8 Å². The van der Waals surface area contributed by atoms with Crippen molar-refractivity contribution >= 4 is 22.7 Å². The molecule has 2 aromatic carbocycles. The third kappa shape index (κ3) is 3.27. The number of ether oxygens (including phenoxy) is 1. The molecule has 26 heavy (non-hydrogen) atoms. The first-order chi connectivity index (χ1) is 12.7. The van der Waals surface area contributed by atoms with Crippen LogP contribution >= 0.6 is 0 Å². The van der Waals surface area contributed by atoms with Gasteiger partial charge in [0.1, 0.15) is 12.1 Å². The Labute approximate surface area is 152 Å². The molecule has 134 valence electrons. The number of aryl methyl sites for hydroxylation is 1. The molecule has 2 heterocycles. The number of esters is 1. The van der Waals surface area contributed by atoms with E-state index in [1.807, 2.05) is 31.3 Å². The predicted molar refractivity (Wildman–Crippen MR) is 100 cm³/mol. The summed E-state index contributed by atoms with van der Waals surface area (Å²) in [6.07, 6.45) is 3.72. The maximum absolute atomic E-state index is 12.5. The molecule has 0 bridgehead atoms. The highest BCUT2D eigenvalue weighted by molar-refractivity contribution is 5.93. The van der Waals surface area contributed by atoms with Gasteiger partial charge >= 0.3 is 5.97 Å². The van der Waals surface area contributed by atoms with Crippen LogP contribution in [0.15, 0.2) is 42.5 Å². The van der Waals surface area contributed by atoms with E-state index in [9.17, 15) is 4.79 Å². The molecule has 6 nitrogen and oxygen atoms in total. The summed E-state index contributed by atoms with van der Waals surface area (Å²) in [5.74, 6) is -0.342. The minimum absolute atomic E-state index is 0.268. The zero-order valence-electron chi connectivity index (χ0n) is 14.9. The van der Waals surface area contributed by atoms with Gasteiger partial charge in [-0.15, -0.1) is 5.10 Å². The molecule has 0 spiro atoms. The number of hydrogen-bond donors (Lipinski definition) is 0. The molecule has 1 saturated heterocycles. The molecule has 6 heteroatoms. The monoisotopic (exact) mass is 350 g/mol. The SMILES string of the molecule is Cn1nnc2cc(C(=O)OCc3ccccc3N3CCCCC3)ccc21. The number of benzene rings is 2. The van der Waals surface area contributed by atoms with Gasteiger partial charge in [-0.05, 0) is 43.5 Å². The lowest BCUT2D eigenvalue weighted by Crippen LogP contribution is -2.30. The Hall–Kier alpha value is -2.89. The van der Waals surface area contributed by atoms with Crippen LogP contribution in [-0.4, -0.2) is 34.1 Å². The Morgan fingerprint density at radius 2 is 1.92 bits per heavy atom. The number of carbonyl (C=O) groups is 1. The first-order valence-electron chi connectivity index (χ1n) is 9.02. The maximum atomic E-state index is 12.5. The molecule has 1 aromatic heterocycles. The Kier molecular flexibility index (Phi) is 4.56. The summed E-state index contributed by atoms with van der Waals surface area (Å²) in [7, 11) is 1.82. The van der Waals surface area contributed by atoms with Crippen LogP contribution in [0, 0.1) is 0 Å². The van der Waals surface area contributed by atoms with Gasteiger partial charge in [-0.3, -0.25) is 0 Å². The van der Waals surface area contributed by atoms with Gasteiger partial charge in [0.2, 0.25) is 0 Å². The second-order valence-corrected chi connectivity index (χ2v) is 6.67. The number of rotatable bonds is 4. The molecule has 0 saturated carbocycles. The van der Waals surface area contributed by atoms with Crippen molar-refractivity contribution in [2.24, 2.45) is 7.05 Å². The van der Waals surface area contributed by atoms with E-state index in [1.165, 1.54) is 24.9 Å². The molecule has 0 N–H and O–H groups in total. The van der Waals surface area contributed by atoms with Crippen molar-refractivity contribution < 1.29 is 9.53 Å². The van der Waals surface area contributed by atoms with Crippen LogP contribution in [0.5, 0.6) is 0 Å². The van der Waals surface area contributed by atoms with Crippen LogP contribution in [0.3, 0.4) is 0 Å². The number of carbonyl (C=O) groups excluding carboxylic acids is 1. The minimum Gasteiger partial charge on any atom is -0.457 e. The van der Waals surface area contributed by atoms with Gasteiger partial charge < -0.3 is 9.64 Å². The number of piperidine rings is 1. The van der Waals surface area contributed by atoms with Crippen molar-refractivity contribution in [1.82, 2.24) is 15.0 Å². The molecule has 1 aliphatic heterocycles. The first kappa shape index (κ1) is 16.6. The molecular weight excluding hydrogens is 328 g/mol. The van der Waals surface area contributed by atoms with E-state index >= 15 is 0 Å². The number of fused-ring (bicyclic) bond motifs is 1. The van der Waals surface area contributed by atoms with Gasteiger partial charge in [0, 0.05) is 31.4 Å². The Morgan fingerprint density at radius 1 is 1.12 bits per heavy atom. The number of aromatic nitrogens is 3. The smallest absolute Gasteiger partial charge is 0.338 e. The van der Waals surface area contributed by atoms with Crippen molar-refractivity contribution in [2.45, 2.75) is 25.9 Å². The average molecular weight is 350 g/mol. The van der Waals surface area contributed by atoms with Gasteiger partial charge in [-0.25, -0.2) is 9.48 Å². The molecule has 3 aromatic rings. The molecule has 0 atom stereocenters. The van der Waals surface area contributed by atoms with Gasteiger partial charge in [-0.1, -0.05) is 23.4 Å². The Morgan fingerprint density at radius 3 is 2.77 bits per heavy atom. The highest BCUT2D eigenvalue weighted by atomic mass is 16.5. The minimum atomic E-state index is -0.342. The van der Waals surface area contributed by atoms with Crippen LogP contribution in [0.2, 0.25) is 0 Å². The van der Waals surface area contributed by atoms with Crippen LogP contribution in [0.25, 0.3) is 11.0 Å². The maximum Gasteiger partial charge on any atom is 0.338 e.